The van der Waals surface area contributed by atoms with E-state index in [9.17, 15) is 36.6 Å². The summed E-state index contributed by atoms with van der Waals surface area (Å²) in [5, 5.41) is 26.1. The first-order valence-electron chi connectivity index (χ1n) is 18.5. The molecule has 6 rings (SSSR count). The maximum atomic E-state index is 16.2. The van der Waals surface area contributed by atoms with Crippen LogP contribution in [0.4, 0.5) is 52.6 Å². The Hall–Kier alpha value is -6.31. The van der Waals surface area contributed by atoms with Crippen molar-refractivity contribution in [3.8, 4) is 11.1 Å². The number of anilines is 3. The van der Waals surface area contributed by atoms with Crippen LogP contribution in [0.2, 0.25) is 0 Å². The molecule has 20 heteroatoms. The van der Waals surface area contributed by atoms with E-state index in [4.69, 9.17) is 4.74 Å². The van der Waals surface area contributed by atoms with Crippen molar-refractivity contribution in [1.29, 1.82) is 0 Å². The molecule has 2 amide bonds. The Kier molecular flexibility index (Phi) is 12.3. The van der Waals surface area contributed by atoms with Crippen LogP contribution in [0.5, 0.6) is 0 Å². The van der Waals surface area contributed by atoms with Gasteiger partial charge < -0.3 is 30.3 Å². The number of carbonyl (C=O) groups is 2. The lowest BCUT2D eigenvalue weighted by atomic mass is 9.84. The Labute approximate surface area is 339 Å². The number of piperazine rings is 1. The summed E-state index contributed by atoms with van der Waals surface area (Å²) < 4.78 is 106. The van der Waals surface area contributed by atoms with Crippen LogP contribution in [-0.2, 0) is 27.6 Å². The van der Waals surface area contributed by atoms with Gasteiger partial charge in [-0.25, -0.2) is 18.3 Å². The van der Waals surface area contributed by atoms with Gasteiger partial charge in [-0.1, -0.05) is 18.2 Å². The summed E-state index contributed by atoms with van der Waals surface area (Å²) in [4.78, 5) is 33.1. The highest BCUT2D eigenvalue weighted by Crippen LogP contribution is 2.47. The molecule has 0 aliphatic carbocycles. The van der Waals surface area contributed by atoms with Crippen LogP contribution >= 0.6 is 0 Å². The maximum absolute atomic E-state index is 16.2. The number of tetrazole rings is 1. The Bertz CT molecular complexity index is 2250. The van der Waals surface area contributed by atoms with Crippen LogP contribution in [0.3, 0.4) is 0 Å². The quantitative estimate of drug-likeness (QED) is 0.115. The molecule has 0 spiro atoms. The monoisotopic (exact) mass is 843 g/mol. The van der Waals surface area contributed by atoms with E-state index in [-0.39, 0.29) is 5.69 Å². The summed E-state index contributed by atoms with van der Waals surface area (Å²) >= 11 is 0. The van der Waals surface area contributed by atoms with Crippen molar-refractivity contribution >= 4 is 29.1 Å². The van der Waals surface area contributed by atoms with Gasteiger partial charge in [-0.15, -0.1) is 5.10 Å². The van der Waals surface area contributed by atoms with E-state index in [2.05, 4.69) is 35.6 Å². The molecule has 3 heterocycles. The zero-order chi connectivity index (χ0) is 43.5. The molecule has 2 atom stereocenters. The smallest absolute Gasteiger partial charge is 0.408 e. The number of alkyl carbamates (subject to hydrolysis) is 1. The van der Waals surface area contributed by atoms with Crippen molar-refractivity contribution < 1.29 is 50.2 Å². The summed E-state index contributed by atoms with van der Waals surface area (Å²) in [6.45, 7) is 6.13. The second kappa shape index (κ2) is 17.1. The molecule has 1 unspecified atom stereocenters. The number of rotatable bonds is 12. The first-order valence-corrected chi connectivity index (χ1v) is 18.5. The van der Waals surface area contributed by atoms with Gasteiger partial charge in [-0.2, -0.15) is 22.0 Å². The van der Waals surface area contributed by atoms with Crippen LogP contribution in [0.25, 0.3) is 11.1 Å². The molecule has 3 N–H and O–H groups in total. The number of benzene rings is 3. The highest BCUT2D eigenvalue weighted by atomic mass is 19.4. The number of aromatic nitrogens is 5. The first-order chi connectivity index (χ1) is 28.2. The Balaban J connectivity index is 1.06. The Morgan fingerprint density at radius 1 is 0.833 bits per heavy atom. The van der Waals surface area contributed by atoms with Crippen molar-refractivity contribution in [2.75, 3.05) is 41.3 Å². The molecule has 2 aromatic heterocycles. The number of amides is 2. The minimum atomic E-state index is -4.73. The molecule has 0 bridgehead atoms. The summed E-state index contributed by atoms with van der Waals surface area (Å²) in [5.74, 6) is -7.66. The van der Waals surface area contributed by atoms with E-state index in [1.807, 2.05) is 17.4 Å². The van der Waals surface area contributed by atoms with Gasteiger partial charge in [0.2, 0.25) is 5.91 Å². The molecule has 1 aliphatic heterocycles. The average molecular weight is 844 g/mol. The number of carbonyl (C=O) groups excluding carboxylic acids is 2. The Morgan fingerprint density at radius 3 is 1.95 bits per heavy atom. The average Bonchev–Trinajstić information content (AvgIpc) is 3.69. The highest BCUT2D eigenvalue weighted by molar-refractivity contribution is 5.96. The fraction of sp³-hybridized carbons (Fsp3) is 0.350. The number of pyridine rings is 1. The molecular weight excluding hydrogens is 803 g/mol. The number of ether oxygens (including phenoxy) is 1. The molecule has 318 valence electrons. The summed E-state index contributed by atoms with van der Waals surface area (Å²) in [6, 6.07) is 16.3. The molecule has 1 fully saturated rings. The highest BCUT2D eigenvalue weighted by Gasteiger charge is 2.58. The van der Waals surface area contributed by atoms with Gasteiger partial charge in [-0.3, -0.25) is 9.78 Å². The van der Waals surface area contributed by atoms with Crippen molar-refractivity contribution in [1.82, 2.24) is 30.5 Å². The summed E-state index contributed by atoms with van der Waals surface area (Å²) in [5.41, 5.74) is -2.89. The lowest BCUT2D eigenvalue weighted by Gasteiger charge is -2.37. The number of aliphatic hydroxyl groups is 1. The zero-order valence-electron chi connectivity index (χ0n) is 32.4. The van der Waals surface area contributed by atoms with Crippen LogP contribution in [-0.4, -0.2) is 86.3 Å². The fourth-order valence-electron chi connectivity index (χ4n) is 6.59. The predicted octanol–water partition coefficient (Wildman–Crippen LogP) is 6.80. The number of halogens is 7. The normalized spacial score (nSPS) is 15.2. The Morgan fingerprint density at radius 2 is 1.43 bits per heavy atom. The van der Waals surface area contributed by atoms with Crippen molar-refractivity contribution in [3.05, 3.63) is 114 Å². The van der Waals surface area contributed by atoms with E-state index in [1.165, 1.54) is 12.3 Å². The molecule has 1 saturated heterocycles. The lowest BCUT2D eigenvalue weighted by Crippen LogP contribution is -2.48. The minimum absolute atomic E-state index is 0.238. The van der Waals surface area contributed by atoms with E-state index in [0.29, 0.717) is 43.4 Å². The first kappa shape index (κ1) is 43.3. The van der Waals surface area contributed by atoms with Gasteiger partial charge in [0.25, 0.3) is 0 Å². The predicted molar refractivity (Wildman–Crippen MR) is 205 cm³/mol. The molecule has 1 aliphatic rings. The van der Waals surface area contributed by atoms with Crippen molar-refractivity contribution in [3.63, 3.8) is 0 Å². The van der Waals surface area contributed by atoms with Gasteiger partial charge >= 0.3 is 18.2 Å². The van der Waals surface area contributed by atoms with Gasteiger partial charge in [0.1, 0.15) is 35.3 Å². The van der Waals surface area contributed by atoms with Crippen LogP contribution in [0.1, 0.15) is 38.4 Å². The number of hydrogen-bond donors (Lipinski definition) is 3. The maximum Gasteiger partial charge on any atom is 0.408 e. The van der Waals surface area contributed by atoms with Gasteiger partial charge in [-0.05, 0) is 91.4 Å². The molecule has 5 aromatic rings. The van der Waals surface area contributed by atoms with Crippen LogP contribution in [0, 0.1) is 11.6 Å². The standard InChI is InChI=1S/C40H40F7N9O4/c1-37(2,3)60-36(58)51-33(21-39(43,44)45)35(57)50-28-8-12-30(13-9-28)55-18-16-54(17-19-55)29-10-4-25(5-11-29)26-6-15-34(48-22-26)40(46,47)38(59,23-56-24-49-52-53-56)31-14-7-27(41)20-32(31)42/h4-15,20,22,24,33,59H,16-19,21,23H2,1-3H3,(H,50,57)(H,51,58)/t33?,38-/m0/s1. The molecule has 0 saturated carbocycles. The van der Waals surface area contributed by atoms with E-state index >= 15 is 8.78 Å². The van der Waals surface area contributed by atoms with Gasteiger partial charge in [0, 0.05) is 66.6 Å². The lowest BCUT2D eigenvalue weighted by molar-refractivity contribution is -0.207. The van der Waals surface area contributed by atoms with Crippen molar-refractivity contribution in [2.45, 2.75) is 63.1 Å². The molecule has 60 heavy (non-hydrogen) atoms. The molecule has 13 nitrogen and oxygen atoms in total. The van der Waals surface area contributed by atoms with E-state index in [0.717, 1.165) is 40.6 Å². The van der Waals surface area contributed by atoms with E-state index in [1.54, 1.807) is 57.2 Å². The topological polar surface area (TPSA) is 151 Å². The number of nitrogens with zero attached hydrogens (tertiary/aromatic N) is 7. The molecule has 3 aromatic carbocycles. The van der Waals surface area contributed by atoms with Crippen LogP contribution < -0.4 is 20.4 Å². The number of nitrogens with one attached hydrogen (secondary N) is 2. The van der Waals surface area contributed by atoms with Gasteiger partial charge in [0.15, 0.2) is 5.60 Å². The number of hydrogen-bond acceptors (Lipinski definition) is 10. The second-order valence-corrected chi connectivity index (χ2v) is 15.1. The van der Waals surface area contributed by atoms with Gasteiger partial charge in [0.05, 0.1) is 13.0 Å². The minimum Gasteiger partial charge on any atom is -0.444 e. The third-order valence-electron chi connectivity index (χ3n) is 9.55. The van der Waals surface area contributed by atoms with Crippen LogP contribution in [0.15, 0.2) is 91.4 Å². The van der Waals surface area contributed by atoms with E-state index < -0.39 is 77.2 Å². The number of alkyl halides is 5. The summed E-state index contributed by atoms with van der Waals surface area (Å²) in [7, 11) is 0. The summed E-state index contributed by atoms with van der Waals surface area (Å²) in [6.07, 6.45) is -5.30. The molecule has 0 radical (unpaired) electrons. The second-order valence-electron chi connectivity index (χ2n) is 15.1. The fourth-order valence-corrected chi connectivity index (χ4v) is 6.59. The molecular formula is C40H40F7N9O4. The SMILES string of the molecule is CC(C)(C)OC(=O)NC(CC(F)(F)F)C(=O)Nc1ccc(N2CCN(c3ccc(-c4ccc(C(F)(F)[C@](O)(Cn5cnnn5)c5ccc(F)cc5F)nc4)cc3)CC2)cc1. The van der Waals surface area contributed by atoms with Crippen molar-refractivity contribution in [2.24, 2.45) is 0 Å². The third-order valence-corrected chi connectivity index (χ3v) is 9.55. The largest absolute Gasteiger partial charge is 0.444 e. The zero-order valence-corrected chi connectivity index (χ0v) is 32.4. The third kappa shape index (κ3) is 10.3.